The van der Waals surface area contributed by atoms with Crippen LogP contribution in [0.5, 0.6) is 0 Å². The quantitative estimate of drug-likeness (QED) is 0.452. The number of aromatic nitrogens is 2. The first-order valence-corrected chi connectivity index (χ1v) is 9.04. The molecule has 0 amide bonds. The second-order valence-corrected chi connectivity index (χ2v) is 7.81. The van der Waals surface area contributed by atoms with Crippen LogP contribution >= 0.6 is 0 Å². The normalized spacial score (nSPS) is 13.0. The summed E-state index contributed by atoms with van der Waals surface area (Å²) in [5.74, 6) is -0.768. The largest absolute Gasteiger partial charge is 0.451 e. The Kier molecular flexibility index (Phi) is 6.04. The third kappa shape index (κ3) is 4.94. The van der Waals surface area contributed by atoms with Crippen LogP contribution in [0.15, 0.2) is 30.3 Å². The van der Waals surface area contributed by atoms with E-state index in [1.807, 2.05) is 33.0 Å². The van der Waals surface area contributed by atoms with Crippen molar-refractivity contribution in [1.29, 1.82) is 0 Å². The predicted octanol–water partition coefficient (Wildman–Crippen LogP) is 4.16. The van der Waals surface area contributed by atoms with Crippen molar-refractivity contribution >= 4 is 17.8 Å². The number of hydrogen-bond acceptors (Lipinski definition) is 4. The minimum atomic E-state index is -0.848. The number of ketones is 1. The molecule has 1 aromatic carbocycles. The SMILES string of the molecule is Cc1nn(C)c(C)c1/C=C/C(=O)O[C@H](C)C(=O)c1ccc(C(C)(C)C)cc1. The maximum absolute atomic E-state index is 12.5. The van der Waals surface area contributed by atoms with E-state index < -0.39 is 12.1 Å². The second kappa shape index (κ2) is 7.91. The van der Waals surface area contributed by atoms with Crippen molar-refractivity contribution in [2.75, 3.05) is 0 Å². The van der Waals surface area contributed by atoms with Crippen LogP contribution < -0.4 is 0 Å². The van der Waals surface area contributed by atoms with Gasteiger partial charge in [0.1, 0.15) is 0 Å². The van der Waals surface area contributed by atoms with Gasteiger partial charge in [0.25, 0.3) is 0 Å². The van der Waals surface area contributed by atoms with Crippen LogP contribution in [-0.2, 0) is 22.0 Å². The number of carbonyl (C=O) groups is 2. The lowest BCUT2D eigenvalue weighted by molar-refractivity contribution is -0.140. The molecule has 0 aliphatic heterocycles. The van der Waals surface area contributed by atoms with Crippen LogP contribution in [0.4, 0.5) is 0 Å². The molecule has 0 aliphatic carbocycles. The van der Waals surface area contributed by atoms with E-state index in [4.69, 9.17) is 4.74 Å². The Bertz CT molecular complexity index is 868. The van der Waals surface area contributed by atoms with Gasteiger partial charge in [0.15, 0.2) is 6.10 Å². The van der Waals surface area contributed by atoms with E-state index in [2.05, 4.69) is 25.9 Å². The fourth-order valence-corrected chi connectivity index (χ4v) is 2.82. The fraction of sp³-hybridized carbons (Fsp3) is 0.409. The number of benzene rings is 1. The van der Waals surface area contributed by atoms with Crippen LogP contribution in [0.25, 0.3) is 6.08 Å². The Balaban J connectivity index is 2.03. The first-order valence-electron chi connectivity index (χ1n) is 9.04. The van der Waals surface area contributed by atoms with Crippen LogP contribution in [0.2, 0.25) is 0 Å². The van der Waals surface area contributed by atoms with E-state index in [1.54, 1.807) is 29.8 Å². The van der Waals surface area contributed by atoms with E-state index in [9.17, 15) is 9.59 Å². The van der Waals surface area contributed by atoms with E-state index in [-0.39, 0.29) is 11.2 Å². The van der Waals surface area contributed by atoms with Crippen LogP contribution in [0, 0.1) is 13.8 Å². The molecular weight excluding hydrogens is 340 g/mol. The molecule has 0 aliphatic rings. The lowest BCUT2D eigenvalue weighted by Gasteiger charge is -2.19. The van der Waals surface area contributed by atoms with Gasteiger partial charge in [0.2, 0.25) is 5.78 Å². The molecule has 0 saturated carbocycles. The molecule has 144 valence electrons. The molecule has 0 bridgehead atoms. The first kappa shape index (κ1) is 20.6. The Morgan fingerprint density at radius 1 is 1.15 bits per heavy atom. The highest BCUT2D eigenvalue weighted by atomic mass is 16.5. The van der Waals surface area contributed by atoms with E-state index in [0.29, 0.717) is 5.56 Å². The number of Topliss-reactive ketones (excluding diaryl/α,β-unsaturated/α-hetero) is 1. The summed E-state index contributed by atoms with van der Waals surface area (Å²) in [4.78, 5) is 24.6. The summed E-state index contributed by atoms with van der Waals surface area (Å²) in [6.07, 6.45) is 2.16. The molecule has 2 aromatic rings. The molecule has 1 atom stereocenters. The van der Waals surface area contributed by atoms with Crippen molar-refractivity contribution in [2.24, 2.45) is 7.05 Å². The van der Waals surface area contributed by atoms with Crippen LogP contribution in [0.1, 0.15) is 60.6 Å². The Morgan fingerprint density at radius 2 is 1.74 bits per heavy atom. The number of esters is 1. The molecule has 2 rings (SSSR count). The van der Waals surface area contributed by atoms with E-state index >= 15 is 0 Å². The van der Waals surface area contributed by atoms with Crippen molar-refractivity contribution < 1.29 is 14.3 Å². The predicted molar refractivity (Wildman–Crippen MR) is 107 cm³/mol. The van der Waals surface area contributed by atoms with Gasteiger partial charge in [-0.25, -0.2) is 4.79 Å². The van der Waals surface area contributed by atoms with Crippen LogP contribution in [0.3, 0.4) is 0 Å². The highest BCUT2D eigenvalue weighted by Gasteiger charge is 2.20. The molecule has 0 fully saturated rings. The average molecular weight is 368 g/mol. The summed E-state index contributed by atoms with van der Waals surface area (Å²) in [5.41, 5.74) is 4.38. The highest BCUT2D eigenvalue weighted by Crippen LogP contribution is 2.22. The molecule has 1 aromatic heterocycles. The summed E-state index contributed by atoms with van der Waals surface area (Å²) in [6, 6.07) is 7.45. The number of rotatable bonds is 5. The van der Waals surface area contributed by atoms with E-state index in [0.717, 1.165) is 22.5 Å². The van der Waals surface area contributed by atoms with Gasteiger partial charge in [-0.2, -0.15) is 5.10 Å². The van der Waals surface area contributed by atoms with Crippen molar-refractivity contribution in [3.63, 3.8) is 0 Å². The first-order chi connectivity index (χ1) is 12.5. The van der Waals surface area contributed by atoms with Gasteiger partial charge >= 0.3 is 5.97 Å². The van der Waals surface area contributed by atoms with Crippen molar-refractivity contribution in [2.45, 2.75) is 53.1 Å². The van der Waals surface area contributed by atoms with E-state index in [1.165, 1.54) is 6.08 Å². The lowest BCUT2D eigenvalue weighted by Crippen LogP contribution is -2.23. The zero-order valence-electron chi connectivity index (χ0n) is 17.2. The molecule has 5 nitrogen and oxygen atoms in total. The average Bonchev–Trinajstić information content (AvgIpc) is 2.83. The molecule has 0 saturated heterocycles. The standard InChI is InChI=1S/C22H28N2O3/c1-14-19(15(2)24(7)23-14)12-13-20(25)27-16(3)21(26)17-8-10-18(11-9-17)22(4,5)6/h8-13,16H,1-7H3/b13-12+/t16-/m1/s1. The monoisotopic (exact) mass is 368 g/mol. The smallest absolute Gasteiger partial charge is 0.331 e. The summed E-state index contributed by atoms with van der Waals surface area (Å²) < 4.78 is 7.03. The molecule has 0 unspecified atom stereocenters. The maximum Gasteiger partial charge on any atom is 0.331 e. The number of nitrogens with zero attached hydrogens (tertiary/aromatic N) is 2. The summed E-state index contributed by atoms with van der Waals surface area (Å²) in [6.45, 7) is 11.8. The van der Waals surface area contributed by atoms with Gasteiger partial charge in [-0.1, -0.05) is 45.0 Å². The molecular formula is C22H28N2O3. The summed E-state index contributed by atoms with van der Waals surface area (Å²) in [7, 11) is 1.85. The van der Waals surface area contributed by atoms with Gasteiger partial charge in [0.05, 0.1) is 5.69 Å². The van der Waals surface area contributed by atoms with Gasteiger partial charge in [-0.3, -0.25) is 9.48 Å². The molecule has 0 spiro atoms. The minimum Gasteiger partial charge on any atom is -0.451 e. The molecule has 0 N–H and O–H groups in total. The molecule has 27 heavy (non-hydrogen) atoms. The number of ether oxygens (including phenoxy) is 1. The van der Waals surface area contributed by atoms with Crippen molar-refractivity contribution in [3.8, 4) is 0 Å². The van der Waals surface area contributed by atoms with Crippen LogP contribution in [-0.4, -0.2) is 27.6 Å². The van der Waals surface area contributed by atoms with Gasteiger partial charge in [0, 0.05) is 29.9 Å². The molecule has 0 radical (unpaired) electrons. The Labute approximate surface area is 161 Å². The molecule has 5 heteroatoms. The van der Waals surface area contributed by atoms with Gasteiger partial charge in [-0.15, -0.1) is 0 Å². The zero-order valence-corrected chi connectivity index (χ0v) is 17.2. The minimum absolute atomic E-state index is 0.0208. The highest BCUT2D eigenvalue weighted by molar-refractivity contribution is 6.01. The number of aryl methyl sites for hydroxylation is 2. The number of carbonyl (C=O) groups excluding carboxylic acids is 2. The maximum atomic E-state index is 12.5. The zero-order chi connectivity index (χ0) is 20.4. The fourth-order valence-electron chi connectivity index (χ4n) is 2.82. The van der Waals surface area contributed by atoms with Crippen molar-refractivity contribution in [3.05, 3.63) is 58.4 Å². The Morgan fingerprint density at radius 3 is 2.22 bits per heavy atom. The van der Waals surface area contributed by atoms with Gasteiger partial charge < -0.3 is 4.74 Å². The third-order valence-electron chi connectivity index (χ3n) is 4.65. The summed E-state index contributed by atoms with van der Waals surface area (Å²) >= 11 is 0. The summed E-state index contributed by atoms with van der Waals surface area (Å²) in [5, 5.41) is 4.30. The third-order valence-corrected chi connectivity index (χ3v) is 4.65. The van der Waals surface area contributed by atoms with Gasteiger partial charge in [-0.05, 0) is 37.8 Å². The topological polar surface area (TPSA) is 61.2 Å². The van der Waals surface area contributed by atoms with Crippen molar-refractivity contribution in [1.82, 2.24) is 9.78 Å². The second-order valence-electron chi connectivity index (χ2n) is 7.81. The Hall–Kier alpha value is -2.69. The lowest BCUT2D eigenvalue weighted by atomic mass is 9.86. The number of hydrogen-bond donors (Lipinski definition) is 0. The molecule has 1 heterocycles.